The van der Waals surface area contributed by atoms with Crippen LogP contribution in [0.15, 0.2) is 17.0 Å². The Labute approximate surface area is 98.4 Å². The average Bonchev–Trinajstić information content (AvgIpc) is 2.66. The Morgan fingerprint density at radius 1 is 1.47 bits per heavy atom. The molecule has 0 radical (unpaired) electrons. The van der Waals surface area contributed by atoms with E-state index in [9.17, 15) is 0 Å². The van der Waals surface area contributed by atoms with Gasteiger partial charge in [-0.15, -0.1) is 0 Å². The second kappa shape index (κ2) is 4.45. The molecule has 1 atom stereocenters. The molecule has 1 unspecified atom stereocenters. The zero-order valence-electron chi connectivity index (χ0n) is 9.02. The van der Waals surface area contributed by atoms with Crippen molar-refractivity contribution in [3.63, 3.8) is 0 Å². The first-order chi connectivity index (χ1) is 7.16. The molecule has 1 aromatic heterocycles. The van der Waals surface area contributed by atoms with Crippen molar-refractivity contribution in [2.24, 2.45) is 0 Å². The third-order valence-corrected chi connectivity index (χ3v) is 3.27. The number of rotatable bonds is 2. The SMILES string of the molecule is CN(C)C1CCN(c2cc(Br)ncn2)C1. The number of halogens is 1. The lowest BCUT2D eigenvalue weighted by Crippen LogP contribution is -2.31. The van der Waals surface area contributed by atoms with E-state index < -0.39 is 0 Å². The van der Waals surface area contributed by atoms with Crippen LogP contribution in [0.3, 0.4) is 0 Å². The lowest BCUT2D eigenvalue weighted by molar-refractivity contribution is 0.315. The summed E-state index contributed by atoms with van der Waals surface area (Å²) in [5, 5.41) is 0. The second-order valence-electron chi connectivity index (χ2n) is 4.05. The molecule has 0 N–H and O–H groups in total. The Bertz CT molecular complexity index is 342. The maximum absolute atomic E-state index is 4.28. The van der Waals surface area contributed by atoms with Gasteiger partial charge in [0.15, 0.2) is 0 Å². The maximum atomic E-state index is 4.28. The molecule has 1 aliphatic heterocycles. The van der Waals surface area contributed by atoms with Crippen molar-refractivity contribution in [1.82, 2.24) is 14.9 Å². The van der Waals surface area contributed by atoms with Gasteiger partial charge in [-0.2, -0.15) is 0 Å². The fourth-order valence-corrected chi connectivity index (χ4v) is 2.16. The van der Waals surface area contributed by atoms with Gasteiger partial charge in [0, 0.05) is 25.2 Å². The molecule has 0 saturated carbocycles. The predicted octanol–water partition coefficient (Wildman–Crippen LogP) is 1.38. The van der Waals surface area contributed by atoms with Crippen molar-refractivity contribution in [1.29, 1.82) is 0 Å². The van der Waals surface area contributed by atoms with Gasteiger partial charge in [0.2, 0.25) is 0 Å². The van der Waals surface area contributed by atoms with Gasteiger partial charge in [0.25, 0.3) is 0 Å². The van der Waals surface area contributed by atoms with Crippen LogP contribution in [-0.2, 0) is 0 Å². The van der Waals surface area contributed by atoms with E-state index in [1.54, 1.807) is 6.33 Å². The molecule has 4 nitrogen and oxygen atoms in total. The highest BCUT2D eigenvalue weighted by Gasteiger charge is 2.24. The van der Waals surface area contributed by atoms with Crippen LogP contribution in [0, 0.1) is 0 Å². The molecular weight excluding hydrogens is 256 g/mol. The van der Waals surface area contributed by atoms with E-state index in [1.165, 1.54) is 6.42 Å². The summed E-state index contributed by atoms with van der Waals surface area (Å²) in [5.41, 5.74) is 0. The van der Waals surface area contributed by atoms with Gasteiger partial charge in [0.1, 0.15) is 16.7 Å². The van der Waals surface area contributed by atoms with Gasteiger partial charge >= 0.3 is 0 Å². The predicted molar refractivity (Wildman–Crippen MR) is 64.0 cm³/mol. The fourth-order valence-electron chi connectivity index (χ4n) is 1.87. The summed E-state index contributed by atoms with van der Waals surface area (Å²) in [7, 11) is 4.26. The largest absolute Gasteiger partial charge is 0.355 e. The molecule has 15 heavy (non-hydrogen) atoms. The molecule has 0 aliphatic carbocycles. The summed E-state index contributed by atoms with van der Waals surface area (Å²) in [6.45, 7) is 2.13. The lowest BCUT2D eigenvalue weighted by atomic mass is 10.2. The van der Waals surface area contributed by atoms with E-state index in [4.69, 9.17) is 0 Å². The molecule has 1 saturated heterocycles. The van der Waals surface area contributed by atoms with E-state index in [0.717, 1.165) is 23.5 Å². The van der Waals surface area contributed by atoms with Crippen LogP contribution in [0.25, 0.3) is 0 Å². The third-order valence-electron chi connectivity index (χ3n) is 2.84. The van der Waals surface area contributed by atoms with Crippen molar-refractivity contribution < 1.29 is 0 Å². The monoisotopic (exact) mass is 270 g/mol. The molecule has 2 rings (SSSR count). The Balaban J connectivity index is 2.08. The van der Waals surface area contributed by atoms with Crippen LogP contribution in [0.2, 0.25) is 0 Å². The Morgan fingerprint density at radius 3 is 2.87 bits per heavy atom. The van der Waals surface area contributed by atoms with Crippen molar-refractivity contribution >= 4 is 21.7 Å². The molecule has 5 heteroatoms. The van der Waals surface area contributed by atoms with Gasteiger partial charge in [-0.3, -0.25) is 0 Å². The van der Waals surface area contributed by atoms with Crippen molar-refractivity contribution in [2.45, 2.75) is 12.5 Å². The van der Waals surface area contributed by atoms with Crippen LogP contribution in [0.4, 0.5) is 5.82 Å². The van der Waals surface area contributed by atoms with Gasteiger partial charge in [-0.1, -0.05) is 0 Å². The smallest absolute Gasteiger partial charge is 0.133 e. The zero-order chi connectivity index (χ0) is 10.8. The second-order valence-corrected chi connectivity index (χ2v) is 4.86. The summed E-state index contributed by atoms with van der Waals surface area (Å²) in [6.07, 6.45) is 2.80. The molecule has 0 spiro atoms. The minimum atomic E-state index is 0.638. The Kier molecular flexibility index (Phi) is 3.21. The molecule has 82 valence electrons. The first-order valence-electron chi connectivity index (χ1n) is 5.06. The molecule has 1 fully saturated rings. The highest BCUT2D eigenvalue weighted by molar-refractivity contribution is 9.10. The van der Waals surface area contributed by atoms with Crippen LogP contribution in [-0.4, -0.2) is 48.1 Å². The fraction of sp³-hybridized carbons (Fsp3) is 0.600. The maximum Gasteiger partial charge on any atom is 0.133 e. The highest BCUT2D eigenvalue weighted by Crippen LogP contribution is 2.21. The van der Waals surface area contributed by atoms with E-state index in [1.807, 2.05) is 6.07 Å². The number of hydrogen-bond donors (Lipinski definition) is 0. The number of nitrogens with zero attached hydrogens (tertiary/aromatic N) is 4. The van der Waals surface area contributed by atoms with Crippen LogP contribution < -0.4 is 4.90 Å². The van der Waals surface area contributed by atoms with Gasteiger partial charge in [-0.05, 0) is 36.4 Å². The lowest BCUT2D eigenvalue weighted by Gasteiger charge is -2.20. The minimum Gasteiger partial charge on any atom is -0.355 e. The van der Waals surface area contributed by atoms with E-state index in [2.05, 4.69) is 49.8 Å². The zero-order valence-corrected chi connectivity index (χ0v) is 10.6. The van der Waals surface area contributed by atoms with E-state index in [-0.39, 0.29) is 0 Å². The van der Waals surface area contributed by atoms with Crippen molar-refractivity contribution in [3.05, 3.63) is 17.0 Å². The highest BCUT2D eigenvalue weighted by atomic mass is 79.9. The van der Waals surface area contributed by atoms with Crippen LogP contribution in [0.1, 0.15) is 6.42 Å². The third kappa shape index (κ3) is 2.46. The van der Waals surface area contributed by atoms with Gasteiger partial charge < -0.3 is 9.80 Å². The quantitative estimate of drug-likeness (QED) is 0.761. The van der Waals surface area contributed by atoms with Crippen LogP contribution >= 0.6 is 15.9 Å². The Hall–Kier alpha value is -0.680. The molecule has 0 bridgehead atoms. The van der Waals surface area contributed by atoms with E-state index >= 15 is 0 Å². The molecule has 1 aliphatic rings. The molecule has 2 heterocycles. The van der Waals surface area contributed by atoms with Crippen LogP contribution in [0.5, 0.6) is 0 Å². The summed E-state index contributed by atoms with van der Waals surface area (Å²) < 4.78 is 0.848. The number of hydrogen-bond acceptors (Lipinski definition) is 4. The standard InChI is InChI=1S/C10H15BrN4/c1-14(2)8-3-4-15(6-8)10-5-9(11)12-7-13-10/h5,7-8H,3-4,6H2,1-2H3. The number of anilines is 1. The van der Waals surface area contributed by atoms with E-state index in [0.29, 0.717) is 6.04 Å². The molecule has 0 amide bonds. The van der Waals surface area contributed by atoms with Crippen molar-refractivity contribution in [3.8, 4) is 0 Å². The summed E-state index contributed by atoms with van der Waals surface area (Å²) in [4.78, 5) is 12.9. The summed E-state index contributed by atoms with van der Waals surface area (Å²) >= 11 is 3.37. The summed E-state index contributed by atoms with van der Waals surface area (Å²) in [6, 6.07) is 2.61. The topological polar surface area (TPSA) is 32.3 Å². The van der Waals surface area contributed by atoms with Gasteiger partial charge in [-0.25, -0.2) is 9.97 Å². The van der Waals surface area contributed by atoms with Gasteiger partial charge in [0.05, 0.1) is 0 Å². The normalized spacial score (nSPS) is 21.3. The minimum absolute atomic E-state index is 0.638. The number of aromatic nitrogens is 2. The van der Waals surface area contributed by atoms with Crippen molar-refractivity contribution in [2.75, 3.05) is 32.1 Å². The number of likely N-dealkylation sites (N-methyl/N-ethyl adjacent to an activating group) is 1. The Morgan fingerprint density at radius 2 is 2.27 bits per heavy atom. The average molecular weight is 271 g/mol. The first kappa shape index (κ1) is 10.8. The molecular formula is C10H15BrN4. The molecule has 1 aromatic rings. The molecule has 0 aromatic carbocycles. The summed E-state index contributed by atoms with van der Waals surface area (Å²) in [5.74, 6) is 1.02. The first-order valence-corrected chi connectivity index (χ1v) is 5.85.